The topological polar surface area (TPSA) is 57.0 Å². The third kappa shape index (κ3) is 1.60. The quantitative estimate of drug-likeness (QED) is 0.733. The highest BCUT2D eigenvalue weighted by atomic mass is 16.5. The number of hydrogen-bond donors (Lipinski definition) is 0. The minimum Gasteiger partial charge on any atom is -0.477 e. The van der Waals surface area contributed by atoms with E-state index in [1.54, 1.807) is 10.9 Å². The molecule has 5 nitrogen and oxygen atoms in total. The van der Waals surface area contributed by atoms with E-state index in [9.17, 15) is 4.79 Å². The first kappa shape index (κ1) is 10.0. The van der Waals surface area contributed by atoms with Gasteiger partial charge < -0.3 is 4.74 Å². The molecule has 1 aliphatic heterocycles. The van der Waals surface area contributed by atoms with E-state index in [0.717, 1.165) is 24.9 Å². The molecule has 86 valence electrons. The van der Waals surface area contributed by atoms with Crippen LogP contribution in [0.2, 0.25) is 0 Å². The molecule has 3 rings (SSSR count). The number of rotatable bonds is 2. The summed E-state index contributed by atoms with van der Waals surface area (Å²) in [7, 11) is 0. The van der Waals surface area contributed by atoms with Gasteiger partial charge in [0.25, 0.3) is 0 Å². The molecule has 3 heterocycles. The van der Waals surface area contributed by atoms with Gasteiger partial charge in [-0.05, 0) is 12.1 Å². The van der Waals surface area contributed by atoms with Crippen molar-refractivity contribution in [3.63, 3.8) is 0 Å². The van der Waals surface area contributed by atoms with Crippen LogP contribution < -0.4 is 4.74 Å². The fraction of sp³-hybridized carbons (Fsp3) is 0.250. The predicted octanol–water partition coefficient (Wildman–Crippen LogP) is 1.54. The Hall–Kier alpha value is -2.17. The number of aldehydes is 1. The zero-order valence-electron chi connectivity index (χ0n) is 9.17. The second-order valence-corrected chi connectivity index (χ2v) is 3.82. The minimum absolute atomic E-state index is 0.389. The molecule has 0 amide bonds. The number of carbonyl (C=O) groups is 1. The maximum atomic E-state index is 11.1. The van der Waals surface area contributed by atoms with Crippen LogP contribution in [0.25, 0.3) is 11.3 Å². The smallest absolute Gasteiger partial charge is 0.222 e. The van der Waals surface area contributed by atoms with Crippen molar-refractivity contribution in [3.05, 3.63) is 30.1 Å². The van der Waals surface area contributed by atoms with Crippen LogP contribution in [0, 0.1) is 0 Å². The molecule has 0 radical (unpaired) electrons. The molecule has 0 atom stereocenters. The summed E-state index contributed by atoms with van der Waals surface area (Å²) >= 11 is 0. The Balaban J connectivity index is 2.20. The molecule has 0 aliphatic carbocycles. The Bertz CT molecular complexity index is 548. The lowest BCUT2D eigenvalue weighted by molar-refractivity contribution is 0.111. The van der Waals surface area contributed by atoms with Gasteiger partial charge in [0, 0.05) is 19.2 Å². The average molecular weight is 229 g/mol. The molecule has 0 spiro atoms. The Kier molecular flexibility index (Phi) is 2.36. The number of ether oxygens (including phenoxy) is 1. The number of hydrogen-bond acceptors (Lipinski definition) is 4. The molecule has 0 saturated heterocycles. The van der Waals surface area contributed by atoms with E-state index >= 15 is 0 Å². The minimum atomic E-state index is 0.389. The van der Waals surface area contributed by atoms with E-state index in [1.807, 2.05) is 18.2 Å². The second kappa shape index (κ2) is 4.01. The monoisotopic (exact) mass is 229 g/mol. The van der Waals surface area contributed by atoms with Gasteiger partial charge in [-0.1, -0.05) is 6.07 Å². The van der Waals surface area contributed by atoms with E-state index in [2.05, 4.69) is 10.1 Å². The molecule has 0 saturated carbocycles. The van der Waals surface area contributed by atoms with E-state index in [4.69, 9.17) is 4.74 Å². The third-order valence-electron chi connectivity index (χ3n) is 2.72. The van der Waals surface area contributed by atoms with Crippen molar-refractivity contribution in [2.24, 2.45) is 0 Å². The van der Waals surface area contributed by atoms with Gasteiger partial charge in [-0.2, -0.15) is 5.10 Å². The van der Waals surface area contributed by atoms with Gasteiger partial charge in [0.15, 0.2) is 6.29 Å². The summed E-state index contributed by atoms with van der Waals surface area (Å²) in [5.41, 5.74) is 1.80. The zero-order valence-corrected chi connectivity index (χ0v) is 9.17. The van der Waals surface area contributed by atoms with Gasteiger partial charge in [-0.25, -0.2) is 4.68 Å². The number of carbonyl (C=O) groups excluding carboxylic acids is 1. The standard InChI is InChI=1S/C12H11N3O2/c16-8-10-11(9-4-1-2-5-13-9)12-15(14-10)6-3-7-17-12/h1-2,4-5,8H,3,6-7H2. The third-order valence-corrected chi connectivity index (χ3v) is 2.72. The Morgan fingerprint density at radius 2 is 2.35 bits per heavy atom. The van der Waals surface area contributed by atoms with Crippen LogP contribution in [0.4, 0.5) is 0 Å². The highest BCUT2D eigenvalue weighted by molar-refractivity contribution is 5.86. The van der Waals surface area contributed by atoms with Crippen LogP contribution in [0.15, 0.2) is 24.4 Å². The van der Waals surface area contributed by atoms with Gasteiger partial charge in [0.05, 0.1) is 17.9 Å². The molecule has 0 fully saturated rings. The van der Waals surface area contributed by atoms with E-state index < -0.39 is 0 Å². The molecule has 17 heavy (non-hydrogen) atoms. The largest absolute Gasteiger partial charge is 0.477 e. The first-order valence-corrected chi connectivity index (χ1v) is 5.50. The summed E-state index contributed by atoms with van der Waals surface area (Å²) in [4.78, 5) is 15.3. The molecule has 0 bridgehead atoms. The summed E-state index contributed by atoms with van der Waals surface area (Å²) in [5, 5.41) is 4.23. The summed E-state index contributed by atoms with van der Waals surface area (Å²) in [6.45, 7) is 1.44. The summed E-state index contributed by atoms with van der Waals surface area (Å²) in [6.07, 6.45) is 3.35. The Morgan fingerprint density at radius 3 is 3.12 bits per heavy atom. The molecule has 2 aromatic heterocycles. The molecule has 5 heteroatoms. The first-order valence-electron chi connectivity index (χ1n) is 5.50. The molecule has 0 unspecified atom stereocenters. The predicted molar refractivity (Wildman–Crippen MR) is 61.0 cm³/mol. The molecule has 0 N–H and O–H groups in total. The zero-order chi connectivity index (χ0) is 11.7. The van der Waals surface area contributed by atoms with Crippen molar-refractivity contribution < 1.29 is 9.53 Å². The lowest BCUT2D eigenvalue weighted by atomic mass is 10.1. The van der Waals surface area contributed by atoms with Gasteiger partial charge in [0.2, 0.25) is 5.88 Å². The lowest BCUT2D eigenvalue weighted by Gasteiger charge is -2.15. The Morgan fingerprint density at radius 1 is 1.41 bits per heavy atom. The lowest BCUT2D eigenvalue weighted by Crippen LogP contribution is -2.15. The van der Waals surface area contributed by atoms with Gasteiger partial charge >= 0.3 is 0 Å². The van der Waals surface area contributed by atoms with E-state index in [-0.39, 0.29) is 0 Å². The number of aromatic nitrogens is 3. The molecule has 2 aromatic rings. The average Bonchev–Trinajstić information content (AvgIpc) is 2.78. The van der Waals surface area contributed by atoms with Crippen LogP contribution >= 0.6 is 0 Å². The summed E-state index contributed by atoms with van der Waals surface area (Å²) in [6, 6.07) is 5.56. The van der Waals surface area contributed by atoms with Crippen molar-refractivity contribution in [2.75, 3.05) is 6.61 Å². The molecular weight excluding hydrogens is 218 g/mol. The van der Waals surface area contributed by atoms with Gasteiger partial charge in [-0.15, -0.1) is 0 Å². The van der Waals surface area contributed by atoms with Crippen molar-refractivity contribution >= 4 is 6.29 Å². The van der Waals surface area contributed by atoms with Crippen LogP contribution in [-0.2, 0) is 6.54 Å². The Labute approximate surface area is 98.0 Å². The summed E-state index contributed by atoms with van der Waals surface area (Å²) in [5.74, 6) is 0.650. The number of aryl methyl sites for hydroxylation is 1. The van der Waals surface area contributed by atoms with Crippen molar-refractivity contribution in [3.8, 4) is 17.1 Å². The van der Waals surface area contributed by atoms with E-state index in [0.29, 0.717) is 23.7 Å². The number of fused-ring (bicyclic) bond motifs is 1. The highest BCUT2D eigenvalue weighted by Gasteiger charge is 2.23. The SMILES string of the molecule is O=Cc1nn2c(c1-c1ccccn1)OCCC2. The fourth-order valence-electron chi connectivity index (χ4n) is 1.98. The maximum absolute atomic E-state index is 11.1. The summed E-state index contributed by atoms with van der Waals surface area (Å²) < 4.78 is 7.33. The molecule has 0 aromatic carbocycles. The number of nitrogens with zero attached hydrogens (tertiary/aromatic N) is 3. The first-order chi connectivity index (χ1) is 8.40. The molecular formula is C12H11N3O2. The molecule has 1 aliphatic rings. The number of pyridine rings is 1. The van der Waals surface area contributed by atoms with Crippen LogP contribution in [0.1, 0.15) is 16.9 Å². The van der Waals surface area contributed by atoms with E-state index in [1.165, 1.54) is 0 Å². The van der Waals surface area contributed by atoms with Crippen LogP contribution in [-0.4, -0.2) is 27.7 Å². The second-order valence-electron chi connectivity index (χ2n) is 3.82. The van der Waals surface area contributed by atoms with Gasteiger partial charge in [-0.3, -0.25) is 9.78 Å². The van der Waals surface area contributed by atoms with Crippen LogP contribution in [0.3, 0.4) is 0 Å². The fourth-order valence-corrected chi connectivity index (χ4v) is 1.98. The highest BCUT2D eigenvalue weighted by Crippen LogP contribution is 2.33. The van der Waals surface area contributed by atoms with Crippen LogP contribution in [0.5, 0.6) is 5.88 Å². The van der Waals surface area contributed by atoms with Gasteiger partial charge in [0.1, 0.15) is 5.69 Å². The maximum Gasteiger partial charge on any atom is 0.222 e. The van der Waals surface area contributed by atoms with Crippen molar-refractivity contribution in [2.45, 2.75) is 13.0 Å². The normalized spacial score (nSPS) is 13.9. The van der Waals surface area contributed by atoms with Crippen molar-refractivity contribution in [1.82, 2.24) is 14.8 Å². The van der Waals surface area contributed by atoms with Crippen molar-refractivity contribution in [1.29, 1.82) is 0 Å².